The van der Waals surface area contributed by atoms with Crippen LogP contribution < -0.4 is 24.8 Å². The van der Waals surface area contributed by atoms with E-state index >= 15 is 0 Å². The fourth-order valence-electron chi connectivity index (χ4n) is 12.0. The molecule has 0 spiro atoms. The number of aromatic nitrogens is 3. The molecule has 3 fully saturated rings. The van der Waals surface area contributed by atoms with E-state index in [1.54, 1.807) is 65.0 Å². The molecule has 3 saturated heterocycles. The quantitative estimate of drug-likeness (QED) is 0.0818. The lowest BCUT2D eigenvalue weighted by molar-refractivity contribution is -0.161. The van der Waals surface area contributed by atoms with Gasteiger partial charge >= 0.3 is 7.82 Å². The Labute approximate surface area is 446 Å². The van der Waals surface area contributed by atoms with E-state index in [1.165, 1.54) is 16.6 Å². The highest BCUT2D eigenvalue weighted by Crippen LogP contribution is 2.42. The number of aliphatic hydroxyl groups excluding tert-OH is 1. The second-order valence-corrected chi connectivity index (χ2v) is 22.4. The number of aryl methyl sites for hydroxylation is 1. The Hall–Kier alpha value is -6.65. The molecule has 3 atom stereocenters. The van der Waals surface area contributed by atoms with Gasteiger partial charge in [-0.25, -0.2) is 19.5 Å². The summed E-state index contributed by atoms with van der Waals surface area (Å²) in [6.45, 7) is 7.04. The number of nitrogens with zero attached hydrogens (tertiary/aromatic N) is 9. The molecule has 6 aliphatic rings. The molecule has 0 bridgehead atoms. The van der Waals surface area contributed by atoms with E-state index in [1.807, 2.05) is 6.07 Å². The van der Waals surface area contributed by atoms with Crippen LogP contribution >= 0.6 is 19.2 Å². The van der Waals surface area contributed by atoms with Gasteiger partial charge in [0.25, 0.3) is 23.6 Å². The first-order chi connectivity index (χ1) is 37.7. The van der Waals surface area contributed by atoms with Crippen LogP contribution in [-0.4, -0.2) is 145 Å². The van der Waals surface area contributed by atoms with Gasteiger partial charge in [-0.05, 0) is 124 Å². The summed E-state index contributed by atoms with van der Waals surface area (Å²) in [5.74, 6) is -2.60. The molecular weight excluding hydrogens is 1020 g/mol. The maximum atomic E-state index is 14.1. The molecule has 1 aliphatic carbocycles. The lowest BCUT2D eigenvalue weighted by atomic mass is 9.92. The van der Waals surface area contributed by atoms with Crippen LogP contribution in [0.5, 0.6) is 5.88 Å². The summed E-state index contributed by atoms with van der Waals surface area (Å²) < 4.78 is 45.0. The molecule has 76 heavy (non-hydrogen) atoms. The van der Waals surface area contributed by atoms with Crippen LogP contribution in [0.25, 0.3) is 11.1 Å². The highest BCUT2D eigenvalue weighted by atomic mass is 32.1. The van der Waals surface area contributed by atoms with Crippen molar-refractivity contribution in [3.63, 3.8) is 0 Å². The molecule has 5 aliphatic heterocycles. The number of rotatable bonds is 13. The third kappa shape index (κ3) is 9.53. The number of methoxy groups -OCH3 is 1. The molecule has 0 saturated carbocycles. The second kappa shape index (κ2) is 20.7. The fraction of sp³-hybridized carbons (Fsp3) is 0.434. The zero-order valence-electron chi connectivity index (χ0n) is 44.9. The summed E-state index contributed by atoms with van der Waals surface area (Å²) in [5.41, 5.74) is 6.16. The summed E-state index contributed by atoms with van der Waals surface area (Å²) in [5, 5.41) is 14.1. The first kappa shape index (κ1) is 47.8. The van der Waals surface area contributed by atoms with Gasteiger partial charge in [-0.2, -0.15) is 0 Å². The van der Waals surface area contributed by atoms with E-state index in [0.717, 1.165) is 91.8 Å². The molecule has 1 unspecified atom stereocenters. The first-order valence-electron chi connectivity index (χ1n) is 27.1. The minimum atomic E-state index is -5.07. The molecule has 0 radical (unpaired) electrons. The molecule has 4 N–H and O–H groups in total. The van der Waals surface area contributed by atoms with Gasteiger partial charge in [-0.3, -0.25) is 48.1 Å². The zero-order chi connectivity index (χ0) is 55.7. The number of piperidine rings is 2. The number of hydrogen-bond donors (Lipinski definition) is 4. The number of amides is 5. The SMILES string of the molecule is [2H]C([2H])([2H])Oc1ncc(-c2ccnc(N3CCc4c(sc5c4CCCC5)C3=O)c2CO)cc1Nc1ccc(N2CCN(C3CCN(c4ccc5c(c4)C(=O)N([C@H]4CCC(=O)N(C(C)OP(=O)(O)O)C4=O)C5=O)CC3)C[C@@H]2C)cn1. The summed E-state index contributed by atoms with van der Waals surface area (Å²) in [4.78, 5) is 112. The van der Waals surface area contributed by atoms with E-state index in [4.69, 9.17) is 13.8 Å². The molecular formula is C53H59N10O11PS. The van der Waals surface area contributed by atoms with E-state index < -0.39 is 57.4 Å². The first-order valence-corrected chi connectivity index (χ1v) is 27.9. The fourth-order valence-corrected chi connectivity index (χ4v) is 13.8. The summed E-state index contributed by atoms with van der Waals surface area (Å²) in [7, 11) is -7.88. The number of thiophene rings is 1. The molecule has 9 heterocycles. The summed E-state index contributed by atoms with van der Waals surface area (Å²) in [6.07, 6.45) is 9.46. The van der Waals surface area contributed by atoms with E-state index in [0.29, 0.717) is 65.3 Å². The maximum Gasteiger partial charge on any atom is 0.471 e. The maximum absolute atomic E-state index is 14.1. The number of aliphatic hydroxyl groups is 1. The molecule has 1 aromatic carbocycles. The van der Waals surface area contributed by atoms with Gasteiger partial charge in [0.1, 0.15) is 29.6 Å². The summed E-state index contributed by atoms with van der Waals surface area (Å²) >= 11 is 1.58. The van der Waals surface area contributed by atoms with Crippen LogP contribution in [0, 0.1) is 0 Å². The Balaban J connectivity index is 0.722. The van der Waals surface area contributed by atoms with Crippen molar-refractivity contribution in [1.82, 2.24) is 29.7 Å². The number of carbonyl (C=O) groups is 5. The Kier molecular flexibility index (Phi) is 13.0. The van der Waals surface area contributed by atoms with Gasteiger partial charge in [-0.1, -0.05) is 0 Å². The number of pyridine rings is 3. The van der Waals surface area contributed by atoms with E-state index in [2.05, 4.69) is 41.4 Å². The smallest absolute Gasteiger partial charge is 0.471 e. The third-order valence-electron chi connectivity index (χ3n) is 15.6. The van der Waals surface area contributed by atoms with Crippen molar-refractivity contribution < 1.29 is 56.8 Å². The van der Waals surface area contributed by atoms with Gasteiger partial charge in [0, 0.05) is 91.9 Å². The van der Waals surface area contributed by atoms with Gasteiger partial charge in [0.05, 0.1) is 45.6 Å². The van der Waals surface area contributed by atoms with Crippen molar-refractivity contribution in [2.45, 2.75) is 103 Å². The number of anilines is 5. The number of phosphoric acid groups is 1. The molecule has 4 aromatic heterocycles. The van der Waals surface area contributed by atoms with Gasteiger partial charge in [0.15, 0.2) is 0 Å². The normalized spacial score (nSPS) is 21.8. The number of carbonyl (C=O) groups excluding carboxylic acids is 5. The minimum absolute atomic E-state index is 0.126. The van der Waals surface area contributed by atoms with Crippen LogP contribution in [-0.2, 0) is 44.5 Å². The number of phosphoric ester groups is 1. The number of piperazine rings is 1. The Morgan fingerprint density at radius 2 is 1.63 bits per heavy atom. The van der Waals surface area contributed by atoms with Crippen molar-refractivity contribution in [2.24, 2.45) is 0 Å². The van der Waals surface area contributed by atoms with Crippen molar-refractivity contribution in [1.29, 1.82) is 0 Å². The highest BCUT2D eigenvalue weighted by Gasteiger charge is 2.49. The molecule has 11 rings (SSSR count). The molecule has 23 heteroatoms. The predicted octanol–water partition coefficient (Wildman–Crippen LogP) is 5.67. The van der Waals surface area contributed by atoms with Crippen molar-refractivity contribution >= 4 is 77.4 Å². The monoisotopic (exact) mass is 1080 g/mol. The topological polar surface area (TPSA) is 252 Å². The van der Waals surface area contributed by atoms with Gasteiger partial charge < -0.3 is 34.7 Å². The molecule has 5 amide bonds. The van der Waals surface area contributed by atoms with Crippen LogP contribution in [0.2, 0.25) is 0 Å². The second-order valence-electron chi connectivity index (χ2n) is 20.1. The standard InChI is InChI=1S/C53H59N10O11PS/c1-30-28-59(33-15-19-58(20-16-33)34-8-10-39-40(25-34)51(67)63(50(39)66)43-11-13-46(65)62(52(43)68)31(2)74-75(70,71)72)22-23-60(30)35-9-12-45(55-27-35)57-42-24-32(26-56-49(42)73-3)36-14-18-54-48(41(36)29-64)61-21-17-38-37-6-4-5-7-44(37)76-47(38)53(61)69/h8-10,12,14,18,24-27,30-31,33,43,64H,4-7,11,13,15-17,19-23,28-29H2,1-3H3,(H,55,57)(H2,70,71,72)/t30-,31?,43-/m0/s1/i3D3. The van der Waals surface area contributed by atoms with E-state index in [-0.39, 0.29) is 47.5 Å². The number of benzene rings is 1. The largest absolute Gasteiger partial charge is 0.480 e. The minimum Gasteiger partial charge on any atom is -0.480 e. The van der Waals surface area contributed by atoms with E-state index in [9.17, 15) is 43.4 Å². The zero-order valence-corrected chi connectivity index (χ0v) is 43.6. The molecule has 398 valence electrons. The Morgan fingerprint density at radius 3 is 2.38 bits per heavy atom. The number of nitrogens with one attached hydrogen (secondary N) is 1. The number of fused-ring (bicyclic) bond motifs is 4. The third-order valence-corrected chi connectivity index (χ3v) is 17.5. The van der Waals surface area contributed by atoms with Crippen LogP contribution in [0.3, 0.4) is 0 Å². The molecule has 21 nitrogen and oxygen atoms in total. The number of hydrogen-bond acceptors (Lipinski definition) is 17. The number of imide groups is 2. The van der Waals surface area contributed by atoms with Gasteiger partial charge in [-0.15, -0.1) is 11.3 Å². The van der Waals surface area contributed by atoms with Crippen molar-refractivity contribution in [3.8, 4) is 17.0 Å². The lowest BCUT2D eigenvalue weighted by Crippen LogP contribution is -2.58. The van der Waals surface area contributed by atoms with Crippen LogP contribution in [0.4, 0.5) is 28.7 Å². The van der Waals surface area contributed by atoms with Crippen LogP contribution in [0.1, 0.15) is 108 Å². The number of ether oxygens (including phenoxy) is 1. The Morgan fingerprint density at radius 1 is 0.842 bits per heavy atom. The van der Waals surface area contributed by atoms with Crippen molar-refractivity contribution in [2.75, 3.05) is 66.3 Å². The average Bonchev–Trinajstić information content (AvgIpc) is 4.13. The van der Waals surface area contributed by atoms with Crippen LogP contribution in [0.15, 0.2) is 61.1 Å². The average molecular weight is 1080 g/mol. The summed E-state index contributed by atoms with van der Waals surface area (Å²) in [6, 6.07) is 11.3. The Bertz CT molecular complexity index is 3320. The van der Waals surface area contributed by atoms with Gasteiger partial charge in [0.2, 0.25) is 11.8 Å². The molecule has 5 aromatic rings. The number of likely N-dealkylation sites (tertiary alicyclic amines) is 1. The lowest BCUT2D eigenvalue weighted by Gasteiger charge is -2.46. The van der Waals surface area contributed by atoms with Crippen molar-refractivity contribution in [3.05, 3.63) is 98.6 Å². The predicted molar refractivity (Wildman–Crippen MR) is 282 cm³/mol. The highest BCUT2D eigenvalue weighted by molar-refractivity contribution is 7.46.